The van der Waals surface area contributed by atoms with Gasteiger partial charge in [-0.15, -0.1) is 0 Å². The van der Waals surface area contributed by atoms with Gasteiger partial charge >= 0.3 is 0 Å². The second-order valence-corrected chi connectivity index (χ2v) is 15.4. The van der Waals surface area contributed by atoms with Crippen LogP contribution < -0.4 is 0 Å². The Bertz CT molecular complexity index is 3890. The van der Waals surface area contributed by atoms with Gasteiger partial charge in [0.25, 0.3) is 0 Å². The summed E-state index contributed by atoms with van der Waals surface area (Å²) in [5, 5.41) is 15.8. The molecule has 0 radical (unpaired) electrons. The van der Waals surface area contributed by atoms with E-state index in [0.29, 0.717) is 16.7 Å². The molecule has 0 saturated heterocycles. The Kier molecular flexibility index (Phi) is 5.66. The molecule has 1 aromatic heterocycles. The Morgan fingerprint density at radius 3 is 1.54 bits per heavy atom. The van der Waals surface area contributed by atoms with E-state index in [2.05, 4.69) is 180 Å². The first kappa shape index (κ1) is 28.0. The second kappa shape index (κ2) is 11.5. The number of benzene rings is 12. The summed E-state index contributed by atoms with van der Waals surface area (Å²) >= 11 is 0. The van der Waals surface area contributed by atoms with Gasteiger partial charge in [0.2, 0.25) is 0 Å². The zero-order valence-electron chi connectivity index (χ0n) is 33.8. The van der Waals surface area contributed by atoms with E-state index in [9.17, 15) is 4.11 Å². The minimum absolute atomic E-state index is 0.0540. The number of hydrogen-bond acceptors (Lipinski definition) is 0. The van der Waals surface area contributed by atoms with Gasteiger partial charge in [0.15, 0.2) is 0 Å². The molecule has 0 bridgehead atoms. The van der Waals surface area contributed by atoms with Crippen molar-refractivity contribution in [3.05, 3.63) is 200 Å². The van der Waals surface area contributed by atoms with Gasteiger partial charge in [-0.05, 0) is 134 Å². The van der Waals surface area contributed by atoms with Crippen LogP contribution in [0, 0.1) is 0 Å². The summed E-state index contributed by atoms with van der Waals surface area (Å²) < 4.78 is 32.7. The second-order valence-electron chi connectivity index (χ2n) is 15.4. The first-order valence-electron chi connectivity index (χ1n) is 21.1. The van der Waals surface area contributed by atoms with Crippen molar-refractivity contribution in [2.75, 3.05) is 0 Å². The van der Waals surface area contributed by atoms with E-state index in [-0.39, 0.29) is 18.1 Å². The molecule has 0 saturated carbocycles. The highest BCUT2D eigenvalue weighted by Crippen LogP contribution is 2.46. The number of fused-ring (bicyclic) bond motifs is 3. The van der Waals surface area contributed by atoms with Crippen LogP contribution in [0.2, 0.25) is 0 Å². The lowest BCUT2D eigenvalue weighted by atomic mass is 9.84. The number of hydrogen-bond donors (Lipinski definition) is 0. The van der Waals surface area contributed by atoms with Crippen LogP contribution in [0.4, 0.5) is 0 Å². The summed E-state index contributed by atoms with van der Waals surface area (Å²) in [5.41, 5.74) is 7.48. The molecule has 0 fully saturated rings. The van der Waals surface area contributed by atoms with Crippen molar-refractivity contribution in [3.8, 4) is 39.1 Å². The van der Waals surface area contributed by atoms with Crippen LogP contribution in [0.3, 0.4) is 0 Å². The Hall–Kier alpha value is -7.48. The Morgan fingerprint density at radius 2 is 0.860 bits per heavy atom. The lowest BCUT2D eigenvalue weighted by molar-refractivity contribution is 1.18. The third-order valence-corrected chi connectivity index (χ3v) is 12.4. The van der Waals surface area contributed by atoms with Crippen molar-refractivity contribution in [2.24, 2.45) is 0 Å². The highest BCUT2D eigenvalue weighted by molar-refractivity contribution is 6.27. The van der Waals surface area contributed by atoms with Gasteiger partial charge in [-0.1, -0.05) is 164 Å². The molecule has 1 nitrogen and oxygen atoms in total. The maximum Gasteiger partial charge on any atom is 0.0636 e. The van der Waals surface area contributed by atoms with Gasteiger partial charge in [0.1, 0.15) is 0 Å². The molecule has 1 heterocycles. The lowest BCUT2D eigenvalue weighted by Gasteiger charge is -2.19. The fourth-order valence-electron chi connectivity index (χ4n) is 9.85. The van der Waals surface area contributed by atoms with Gasteiger partial charge in [-0.25, -0.2) is 0 Å². The molecule has 1 heteroatoms. The van der Waals surface area contributed by atoms with E-state index in [1.807, 2.05) is 6.07 Å². The van der Waals surface area contributed by atoms with Crippen molar-refractivity contribution < 1.29 is 4.11 Å². The fraction of sp³-hybridized carbons (Fsp3) is 0. The summed E-state index contributed by atoms with van der Waals surface area (Å²) in [7, 11) is 0. The van der Waals surface area contributed by atoms with E-state index >= 15 is 0 Å². The maximum atomic E-state index is 10.4. The molecule has 13 rings (SSSR count). The monoisotopic (exact) mass is 722 g/mol. The van der Waals surface area contributed by atoms with Crippen LogP contribution in [0.15, 0.2) is 200 Å². The highest BCUT2D eigenvalue weighted by atomic mass is 15.0. The van der Waals surface area contributed by atoms with Crippen molar-refractivity contribution in [1.29, 1.82) is 0 Å². The predicted octanol–water partition coefficient (Wildman–Crippen LogP) is 15.6. The molecule has 57 heavy (non-hydrogen) atoms. The molecule has 12 aromatic carbocycles. The molecule has 0 spiro atoms. The van der Waals surface area contributed by atoms with Crippen LogP contribution >= 0.6 is 0 Å². The van der Waals surface area contributed by atoms with Gasteiger partial charge in [0.05, 0.1) is 15.1 Å². The predicted molar refractivity (Wildman–Crippen MR) is 244 cm³/mol. The van der Waals surface area contributed by atoms with Crippen LogP contribution in [0.5, 0.6) is 0 Å². The van der Waals surface area contributed by atoms with E-state index in [0.717, 1.165) is 87.3 Å². The summed E-state index contributed by atoms with van der Waals surface area (Å²) in [4.78, 5) is 0. The highest BCUT2D eigenvalue weighted by Gasteiger charge is 2.20. The molecular weight excluding hydrogens is 687 g/mol. The van der Waals surface area contributed by atoms with E-state index in [1.165, 1.54) is 21.5 Å². The smallest absolute Gasteiger partial charge is 0.0636 e. The normalized spacial score (nSPS) is 12.9. The molecule has 0 aliphatic carbocycles. The summed E-state index contributed by atoms with van der Waals surface area (Å²) in [6.45, 7) is 0. The molecule has 0 unspecified atom stereocenters. The van der Waals surface area contributed by atoms with Crippen LogP contribution in [0.25, 0.3) is 126 Å². The Labute approximate surface area is 333 Å². The third-order valence-electron chi connectivity index (χ3n) is 12.4. The Balaban J connectivity index is 1.16. The van der Waals surface area contributed by atoms with Gasteiger partial charge in [0, 0.05) is 16.5 Å². The van der Waals surface area contributed by atoms with Gasteiger partial charge in [-0.2, -0.15) is 0 Å². The van der Waals surface area contributed by atoms with Crippen molar-refractivity contribution in [2.45, 2.75) is 0 Å². The summed E-state index contributed by atoms with van der Waals surface area (Å²) in [5.74, 6) is 0. The molecular formula is C56H33N. The molecule has 13 aromatic rings. The first-order valence-corrected chi connectivity index (χ1v) is 19.6. The average molecular weight is 723 g/mol. The first-order chi connectivity index (χ1) is 29.5. The topological polar surface area (TPSA) is 4.93 Å². The van der Waals surface area contributed by atoms with Crippen LogP contribution in [-0.2, 0) is 0 Å². The van der Waals surface area contributed by atoms with Gasteiger partial charge in [-0.3, -0.25) is 0 Å². The molecule has 0 amide bonds. The minimum Gasteiger partial charge on any atom is -0.309 e. The maximum absolute atomic E-state index is 10.4. The molecule has 0 aliphatic rings. The van der Waals surface area contributed by atoms with E-state index < -0.39 is 0 Å². The number of para-hydroxylation sites is 2. The number of nitrogens with zero attached hydrogens (tertiary/aromatic N) is 1. The zero-order valence-corrected chi connectivity index (χ0v) is 30.8. The fourth-order valence-corrected chi connectivity index (χ4v) is 9.85. The largest absolute Gasteiger partial charge is 0.309 e. The number of rotatable bonds is 4. The zero-order chi connectivity index (χ0) is 39.8. The minimum atomic E-state index is 0.0540. The quantitative estimate of drug-likeness (QED) is 0.159. The molecule has 262 valence electrons. The van der Waals surface area contributed by atoms with E-state index in [1.54, 1.807) is 0 Å². The van der Waals surface area contributed by atoms with E-state index in [4.69, 9.17) is 0 Å². The standard InChI is InChI=1S/C56H33N/c1-2-12-42(13-3-1)57-51-15-5-4-14-46(51)50-33-41(25-31-52(50)57)44-27-24-40(43-26-20-38-18-16-34-8-6-10-36-22-29-47(43)55(38)53(34)36)32-49(44)45-28-21-39-19-17-35-9-7-11-37-23-30-48(45)56(39)54(35)37/h1-33H/i24D,27D,32D. The third kappa shape index (κ3) is 4.34. The summed E-state index contributed by atoms with van der Waals surface area (Å²) in [6, 6.07) is 64.4. The Morgan fingerprint density at radius 1 is 0.316 bits per heavy atom. The van der Waals surface area contributed by atoms with Crippen molar-refractivity contribution in [3.63, 3.8) is 0 Å². The SMILES string of the molecule is [2H]c1c([2H])c(-c2ccc3c(c2)c2ccccc2n3-c2ccccc2)c(-c2ccc3ccc4cccc5ccc2c3c45)c([2H])c1-c1ccc2ccc3cccc4ccc1c2c34. The molecule has 0 aliphatic heterocycles. The van der Waals surface area contributed by atoms with Crippen molar-refractivity contribution in [1.82, 2.24) is 4.57 Å². The average Bonchev–Trinajstić information content (AvgIpc) is 3.63. The van der Waals surface area contributed by atoms with Gasteiger partial charge < -0.3 is 4.57 Å². The molecule has 0 atom stereocenters. The van der Waals surface area contributed by atoms with Crippen molar-refractivity contribution >= 4 is 86.4 Å². The molecule has 0 N–H and O–H groups in total. The number of aromatic nitrogens is 1. The van der Waals surface area contributed by atoms with Crippen LogP contribution in [0.1, 0.15) is 4.11 Å². The van der Waals surface area contributed by atoms with Crippen LogP contribution in [-0.4, -0.2) is 4.57 Å². The lowest BCUT2D eigenvalue weighted by Crippen LogP contribution is -1.93. The summed E-state index contributed by atoms with van der Waals surface area (Å²) in [6.07, 6.45) is 0.